The number of hydrogen-bond donors (Lipinski definition) is 0. The topological polar surface area (TPSA) is 86.7 Å². The van der Waals surface area contributed by atoms with E-state index >= 15 is 0 Å². The Morgan fingerprint density at radius 3 is 1.12 bits per heavy atom. The highest BCUT2D eigenvalue weighted by Crippen LogP contribution is 2.33. The van der Waals surface area contributed by atoms with Gasteiger partial charge in [-0.15, -0.1) is 0 Å². The van der Waals surface area contributed by atoms with Gasteiger partial charge in [-0.25, -0.2) is 0 Å². The fourth-order valence-electron chi connectivity index (χ4n) is 2.49. The number of Topliss-reactive ketones (excluding diaryl/α,β-unsaturated/α-hetero) is 2. The predicted molar refractivity (Wildman–Crippen MR) is 94.0 cm³/mol. The lowest BCUT2D eigenvalue weighted by Gasteiger charge is -2.29. The minimum atomic E-state index is -1.37. The highest BCUT2D eigenvalue weighted by atomic mass is 16.6. The van der Waals surface area contributed by atoms with Crippen LogP contribution in [0.2, 0.25) is 0 Å². The van der Waals surface area contributed by atoms with Crippen molar-refractivity contribution in [2.24, 2.45) is 5.41 Å². The zero-order chi connectivity index (χ0) is 20.1. The molecule has 0 heterocycles. The molecule has 0 N–H and O–H groups in total. The van der Waals surface area contributed by atoms with Crippen molar-refractivity contribution in [1.82, 2.24) is 0 Å². The van der Waals surface area contributed by atoms with Gasteiger partial charge >= 0.3 is 11.9 Å². The van der Waals surface area contributed by atoms with E-state index < -0.39 is 28.6 Å². The molecule has 0 atom stereocenters. The molecule has 0 saturated heterocycles. The van der Waals surface area contributed by atoms with E-state index in [-0.39, 0.29) is 37.2 Å². The smallest absolute Gasteiger partial charge is 0.306 e. The minimum Gasteiger partial charge on any atom is -0.460 e. The molecule has 0 amide bonds. The van der Waals surface area contributed by atoms with Gasteiger partial charge < -0.3 is 9.47 Å². The maximum Gasteiger partial charge on any atom is 0.306 e. The molecule has 0 aliphatic carbocycles. The quantitative estimate of drug-likeness (QED) is 0.489. The number of ether oxygens (including phenoxy) is 2. The second kappa shape index (κ2) is 8.59. The molecule has 0 aromatic heterocycles. The van der Waals surface area contributed by atoms with Gasteiger partial charge in [-0.1, -0.05) is 0 Å². The lowest BCUT2D eigenvalue weighted by Crippen LogP contribution is -2.38. The molecule has 0 aromatic rings. The van der Waals surface area contributed by atoms with E-state index in [9.17, 15) is 19.2 Å². The largest absolute Gasteiger partial charge is 0.460 e. The Balaban J connectivity index is 5.09. The standard InChI is InChI=1S/C19H32O6/c1-13(20)19(14(2)21,11-9-15(22)24-17(3,4)5)12-10-16(23)25-18(6,7)8/h9-12H2,1-8H3. The third-order valence-electron chi connectivity index (χ3n) is 3.70. The van der Waals surface area contributed by atoms with E-state index in [1.165, 1.54) is 13.8 Å². The van der Waals surface area contributed by atoms with Crippen LogP contribution in [0.1, 0.15) is 81.1 Å². The first kappa shape index (κ1) is 23.3. The second-order valence-electron chi connectivity index (χ2n) is 8.37. The summed E-state index contributed by atoms with van der Waals surface area (Å²) in [6, 6.07) is 0. The van der Waals surface area contributed by atoms with E-state index in [1.807, 2.05) is 0 Å². The molecular formula is C19H32O6. The molecule has 25 heavy (non-hydrogen) atoms. The van der Waals surface area contributed by atoms with Crippen LogP contribution >= 0.6 is 0 Å². The lowest BCUT2D eigenvalue weighted by atomic mass is 9.73. The molecule has 144 valence electrons. The number of ketones is 2. The Kier molecular flexibility index (Phi) is 8.00. The van der Waals surface area contributed by atoms with Gasteiger partial charge in [0.05, 0.1) is 5.41 Å². The molecule has 6 heteroatoms. The highest BCUT2D eigenvalue weighted by molar-refractivity contribution is 6.05. The predicted octanol–water partition coefficient (Wildman–Crippen LogP) is 3.39. The molecule has 0 aromatic carbocycles. The summed E-state index contributed by atoms with van der Waals surface area (Å²) in [5, 5.41) is 0. The SMILES string of the molecule is CC(=O)C(CCC(=O)OC(C)(C)C)(CCC(=O)OC(C)(C)C)C(C)=O. The van der Waals surface area contributed by atoms with Gasteiger partial charge in [0.2, 0.25) is 0 Å². The molecule has 6 nitrogen and oxygen atoms in total. The Morgan fingerprint density at radius 1 is 0.640 bits per heavy atom. The fourth-order valence-corrected chi connectivity index (χ4v) is 2.49. The van der Waals surface area contributed by atoms with E-state index in [0.717, 1.165) is 0 Å². The summed E-state index contributed by atoms with van der Waals surface area (Å²) in [5.74, 6) is -1.66. The van der Waals surface area contributed by atoms with Gasteiger partial charge in [-0.3, -0.25) is 19.2 Å². The van der Waals surface area contributed by atoms with Gasteiger partial charge in [0, 0.05) is 12.8 Å². The first-order valence-corrected chi connectivity index (χ1v) is 8.55. The van der Waals surface area contributed by atoms with Crippen LogP contribution in [0, 0.1) is 5.41 Å². The number of hydrogen-bond acceptors (Lipinski definition) is 6. The van der Waals surface area contributed by atoms with Crippen molar-refractivity contribution in [2.45, 2.75) is 92.3 Å². The van der Waals surface area contributed by atoms with Gasteiger partial charge in [-0.05, 0) is 68.2 Å². The zero-order valence-electron chi connectivity index (χ0n) is 16.8. The van der Waals surface area contributed by atoms with Crippen LogP contribution < -0.4 is 0 Å². The molecule has 0 unspecified atom stereocenters. The molecule has 0 aliphatic rings. The van der Waals surface area contributed by atoms with Crippen LogP contribution in [0.5, 0.6) is 0 Å². The van der Waals surface area contributed by atoms with Gasteiger partial charge in [0.25, 0.3) is 0 Å². The van der Waals surface area contributed by atoms with Crippen molar-refractivity contribution < 1.29 is 28.7 Å². The highest BCUT2D eigenvalue weighted by Gasteiger charge is 2.41. The van der Waals surface area contributed by atoms with Crippen molar-refractivity contribution in [3.8, 4) is 0 Å². The van der Waals surface area contributed by atoms with Crippen molar-refractivity contribution in [3.05, 3.63) is 0 Å². The second-order valence-corrected chi connectivity index (χ2v) is 8.37. The number of esters is 2. The molecule has 0 rings (SSSR count). The average Bonchev–Trinajstić information content (AvgIpc) is 2.33. The summed E-state index contributed by atoms with van der Waals surface area (Å²) < 4.78 is 10.5. The van der Waals surface area contributed by atoms with E-state index in [0.29, 0.717) is 0 Å². The summed E-state index contributed by atoms with van der Waals surface area (Å²) in [6.07, 6.45) is -0.0831. The van der Waals surface area contributed by atoms with Crippen molar-refractivity contribution in [1.29, 1.82) is 0 Å². The molecule has 0 aliphatic heterocycles. The maximum absolute atomic E-state index is 12.2. The Hall–Kier alpha value is -1.72. The van der Waals surface area contributed by atoms with Gasteiger partial charge in [0.15, 0.2) is 0 Å². The third-order valence-corrected chi connectivity index (χ3v) is 3.70. The molecule has 0 bridgehead atoms. The van der Waals surface area contributed by atoms with Crippen LogP contribution in [0.15, 0.2) is 0 Å². The lowest BCUT2D eigenvalue weighted by molar-refractivity contribution is -0.156. The van der Waals surface area contributed by atoms with Crippen LogP contribution in [-0.2, 0) is 28.7 Å². The number of carbonyl (C=O) groups excluding carboxylic acids is 4. The van der Waals surface area contributed by atoms with E-state index in [2.05, 4.69) is 0 Å². The van der Waals surface area contributed by atoms with Gasteiger partial charge in [0.1, 0.15) is 22.8 Å². The first-order chi connectivity index (χ1) is 11.1. The molecule has 0 radical (unpaired) electrons. The zero-order valence-corrected chi connectivity index (χ0v) is 16.8. The molecular weight excluding hydrogens is 324 g/mol. The first-order valence-electron chi connectivity index (χ1n) is 8.55. The van der Waals surface area contributed by atoms with E-state index in [4.69, 9.17) is 9.47 Å². The Bertz CT molecular complexity index is 471. The Morgan fingerprint density at radius 2 is 0.920 bits per heavy atom. The third kappa shape index (κ3) is 8.79. The number of carbonyl (C=O) groups is 4. The summed E-state index contributed by atoms with van der Waals surface area (Å²) in [7, 11) is 0. The summed E-state index contributed by atoms with van der Waals surface area (Å²) in [4.78, 5) is 48.2. The monoisotopic (exact) mass is 356 g/mol. The molecule has 0 spiro atoms. The van der Waals surface area contributed by atoms with Crippen LogP contribution in [0.4, 0.5) is 0 Å². The van der Waals surface area contributed by atoms with E-state index in [1.54, 1.807) is 41.5 Å². The minimum absolute atomic E-state index is 0.0232. The normalized spacial score (nSPS) is 12.5. The molecule has 0 fully saturated rings. The summed E-state index contributed by atoms with van der Waals surface area (Å²) in [5.41, 5.74) is -2.64. The number of rotatable bonds is 8. The van der Waals surface area contributed by atoms with Crippen LogP contribution in [0.25, 0.3) is 0 Å². The maximum atomic E-state index is 12.2. The van der Waals surface area contributed by atoms with Crippen LogP contribution in [0.3, 0.4) is 0 Å². The summed E-state index contributed by atoms with van der Waals surface area (Å²) >= 11 is 0. The Labute approximate surface area is 150 Å². The summed E-state index contributed by atoms with van der Waals surface area (Å²) in [6.45, 7) is 13.1. The molecule has 0 saturated carbocycles. The van der Waals surface area contributed by atoms with Crippen molar-refractivity contribution in [2.75, 3.05) is 0 Å². The van der Waals surface area contributed by atoms with Crippen molar-refractivity contribution >= 4 is 23.5 Å². The van der Waals surface area contributed by atoms with Gasteiger partial charge in [-0.2, -0.15) is 0 Å². The van der Waals surface area contributed by atoms with Crippen LogP contribution in [-0.4, -0.2) is 34.7 Å². The average molecular weight is 356 g/mol. The van der Waals surface area contributed by atoms with Crippen molar-refractivity contribution in [3.63, 3.8) is 0 Å². The fraction of sp³-hybridized carbons (Fsp3) is 0.789.